The van der Waals surface area contributed by atoms with E-state index in [1.807, 2.05) is 16.7 Å². The Kier molecular flexibility index (Phi) is 1.48. The second kappa shape index (κ2) is 2.67. The predicted molar refractivity (Wildman–Crippen MR) is 52.6 cm³/mol. The smallest absolute Gasteiger partial charge is 0.168 e. The van der Waals surface area contributed by atoms with Crippen LogP contribution in [-0.2, 0) is 0 Å². The van der Waals surface area contributed by atoms with Crippen molar-refractivity contribution in [3.05, 3.63) is 35.8 Å². The zero-order valence-electron chi connectivity index (χ0n) is 7.68. The van der Waals surface area contributed by atoms with Crippen molar-refractivity contribution < 1.29 is 4.79 Å². The van der Waals surface area contributed by atoms with Crippen LogP contribution in [0.3, 0.4) is 0 Å². The van der Waals surface area contributed by atoms with E-state index in [0.717, 1.165) is 11.9 Å². The van der Waals surface area contributed by atoms with Gasteiger partial charge >= 0.3 is 0 Å². The summed E-state index contributed by atoms with van der Waals surface area (Å²) in [6.45, 7) is 0. The molecule has 1 aliphatic carbocycles. The highest BCUT2D eigenvalue weighted by molar-refractivity contribution is 5.74. The number of aromatic nitrogens is 2. The molecule has 1 aliphatic rings. The van der Waals surface area contributed by atoms with E-state index in [1.165, 1.54) is 18.4 Å². The summed E-state index contributed by atoms with van der Waals surface area (Å²) in [5.41, 5.74) is 2.85. The van der Waals surface area contributed by atoms with E-state index >= 15 is 0 Å². The molecule has 0 unspecified atom stereocenters. The highest BCUT2D eigenvalue weighted by Gasteiger charge is 2.26. The Morgan fingerprint density at radius 2 is 2.36 bits per heavy atom. The van der Waals surface area contributed by atoms with Gasteiger partial charge in [0.15, 0.2) is 6.29 Å². The van der Waals surface area contributed by atoms with Gasteiger partial charge in [0.25, 0.3) is 0 Å². The molecule has 14 heavy (non-hydrogen) atoms. The van der Waals surface area contributed by atoms with E-state index in [-0.39, 0.29) is 0 Å². The fraction of sp³-hybridized carbons (Fsp3) is 0.273. The number of hydrogen-bond acceptors (Lipinski definition) is 2. The summed E-state index contributed by atoms with van der Waals surface area (Å²) in [6, 6.07) is 4.09. The van der Waals surface area contributed by atoms with Crippen molar-refractivity contribution in [1.29, 1.82) is 0 Å². The summed E-state index contributed by atoms with van der Waals surface area (Å²) in [7, 11) is 0. The SMILES string of the molecule is O=Cc1cnc2c(C3CC3)cccn12. The Labute approximate surface area is 81.4 Å². The Bertz CT molecular complexity index is 497. The van der Waals surface area contributed by atoms with Gasteiger partial charge in [-0.3, -0.25) is 9.20 Å². The minimum absolute atomic E-state index is 0.627. The molecule has 0 aromatic carbocycles. The van der Waals surface area contributed by atoms with Gasteiger partial charge in [-0.2, -0.15) is 0 Å². The molecule has 70 valence electrons. The number of fused-ring (bicyclic) bond motifs is 1. The normalized spacial score (nSPS) is 16.0. The van der Waals surface area contributed by atoms with Crippen molar-refractivity contribution in [1.82, 2.24) is 9.38 Å². The first-order valence-corrected chi connectivity index (χ1v) is 4.81. The number of carbonyl (C=O) groups is 1. The molecule has 2 aromatic rings. The summed E-state index contributed by atoms with van der Waals surface area (Å²) in [5.74, 6) is 0.667. The van der Waals surface area contributed by atoms with Crippen molar-refractivity contribution in [3.8, 4) is 0 Å². The van der Waals surface area contributed by atoms with E-state index in [2.05, 4.69) is 11.1 Å². The molecule has 0 N–H and O–H groups in total. The molecule has 2 aromatic heterocycles. The van der Waals surface area contributed by atoms with Crippen molar-refractivity contribution in [2.45, 2.75) is 18.8 Å². The summed E-state index contributed by atoms with van der Waals surface area (Å²) in [5, 5.41) is 0. The third-order valence-corrected chi connectivity index (χ3v) is 2.73. The molecule has 3 nitrogen and oxygen atoms in total. The van der Waals surface area contributed by atoms with Crippen molar-refractivity contribution >= 4 is 11.9 Å². The van der Waals surface area contributed by atoms with E-state index in [1.54, 1.807) is 6.20 Å². The van der Waals surface area contributed by atoms with Crippen LogP contribution in [0.1, 0.15) is 34.8 Å². The van der Waals surface area contributed by atoms with E-state index in [4.69, 9.17) is 0 Å². The van der Waals surface area contributed by atoms with Crippen LogP contribution in [-0.4, -0.2) is 15.7 Å². The van der Waals surface area contributed by atoms with Gasteiger partial charge in [-0.25, -0.2) is 4.98 Å². The lowest BCUT2D eigenvalue weighted by molar-refractivity contribution is 0.111. The Morgan fingerprint density at radius 3 is 3.07 bits per heavy atom. The van der Waals surface area contributed by atoms with Crippen LogP contribution < -0.4 is 0 Å². The molecular formula is C11H10N2O. The third kappa shape index (κ3) is 0.985. The molecule has 3 rings (SSSR count). The number of aldehydes is 1. The molecule has 0 amide bonds. The number of nitrogens with zero attached hydrogens (tertiary/aromatic N) is 2. The Hall–Kier alpha value is -1.64. The molecule has 3 heteroatoms. The van der Waals surface area contributed by atoms with Gasteiger partial charge < -0.3 is 0 Å². The average Bonchev–Trinajstić information content (AvgIpc) is 2.97. The largest absolute Gasteiger partial charge is 0.297 e. The van der Waals surface area contributed by atoms with Gasteiger partial charge in [-0.15, -0.1) is 0 Å². The van der Waals surface area contributed by atoms with E-state index in [0.29, 0.717) is 11.6 Å². The van der Waals surface area contributed by atoms with Gasteiger partial charge in [0.1, 0.15) is 11.3 Å². The van der Waals surface area contributed by atoms with Gasteiger partial charge in [0.05, 0.1) is 6.20 Å². The predicted octanol–water partition coefficient (Wildman–Crippen LogP) is 2.02. The maximum Gasteiger partial charge on any atom is 0.168 e. The van der Waals surface area contributed by atoms with Crippen LogP contribution in [0.5, 0.6) is 0 Å². The lowest BCUT2D eigenvalue weighted by Crippen LogP contribution is -1.93. The second-order valence-corrected chi connectivity index (χ2v) is 3.73. The molecule has 0 atom stereocenters. The number of rotatable bonds is 2. The van der Waals surface area contributed by atoms with Gasteiger partial charge in [-0.05, 0) is 30.4 Å². The Balaban J connectivity index is 2.31. The van der Waals surface area contributed by atoms with E-state index < -0.39 is 0 Å². The van der Waals surface area contributed by atoms with Crippen LogP contribution in [0, 0.1) is 0 Å². The molecule has 1 saturated carbocycles. The molecule has 0 radical (unpaired) electrons. The van der Waals surface area contributed by atoms with Crippen LogP contribution >= 0.6 is 0 Å². The highest BCUT2D eigenvalue weighted by Crippen LogP contribution is 2.41. The molecule has 2 heterocycles. The van der Waals surface area contributed by atoms with Gasteiger partial charge in [-0.1, -0.05) is 6.07 Å². The summed E-state index contributed by atoms with van der Waals surface area (Å²) >= 11 is 0. The number of pyridine rings is 1. The van der Waals surface area contributed by atoms with Crippen molar-refractivity contribution in [2.24, 2.45) is 0 Å². The van der Waals surface area contributed by atoms with Gasteiger partial charge in [0.2, 0.25) is 0 Å². The van der Waals surface area contributed by atoms with Crippen LogP contribution in [0.4, 0.5) is 0 Å². The maximum absolute atomic E-state index is 10.7. The summed E-state index contributed by atoms with van der Waals surface area (Å²) in [6.07, 6.45) is 6.87. The monoisotopic (exact) mass is 186 g/mol. The summed E-state index contributed by atoms with van der Waals surface area (Å²) in [4.78, 5) is 15.0. The highest BCUT2D eigenvalue weighted by atomic mass is 16.1. The fourth-order valence-corrected chi connectivity index (χ4v) is 1.85. The minimum Gasteiger partial charge on any atom is -0.297 e. The van der Waals surface area contributed by atoms with E-state index in [9.17, 15) is 4.79 Å². The first kappa shape index (κ1) is 7.74. The lowest BCUT2D eigenvalue weighted by atomic mass is 10.2. The Morgan fingerprint density at radius 1 is 1.50 bits per heavy atom. The number of hydrogen-bond donors (Lipinski definition) is 0. The molecule has 0 aliphatic heterocycles. The average molecular weight is 186 g/mol. The van der Waals surface area contributed by atoms with Crippen LogP contribution in [0.25, 0.3) is 5.65 Å². The topological polar surface area (TPSA) is 34.4 Å². The first-order valence-electron chi connectivity index (χ1n) is 4.81. The fourth-order valence-electron chi connectivity index (χ4n) is 1.85. The van der Waals surface area contributed by atoms with Crippen molar-refractivity contribution in [2.75, 3.05) is 0 Å². The quantitative estimate of drug-likeness (QED) is 0.672. The zero-order valence-corrected chi connectivity index (χ0v) is 7.68. The number of carbonyl (C=O) groups excluding carboxylic acids is 1. The minimum atomic E-state index is 0.627. The third-order valence-electron chi connectivity index (χ3n) is 2.73. The van der Waals surface area contributed by atoms with Crippen LogP contribution in [0.15, 0.2) is 24.5 Å². The first-order chi connectivity index (χ1) is 6.90. The molecule has 0 bridgehead atoms. The van der Waals surface area contributed by atoms with Gasteiger partial charge in [0, 0.05) is 6.20 Å². The van der Waals surface area contributed by atoms with Crippen LogP contribution in [0.2, 0.25) is 0 Å². The summed E-state index contributed by atoms with van der Waals surface area (Å²) < 4.78 is 1.86. The van der Waals surface area contributed by atoms with Crippen molar-refractivity contribution in [3.63, 3.8) is 0 Å². The lowest BCUT2D eigenvalue weighted by Gasteiger charge is -2.01. The number of imidazole rings is 1. The molecular weight excluding hydrogens is 176 g/mol. The molecule has 0 saturated heterocycles. The molecule has 0 spiro atoms. The maximum atomic E-state index is 10.7. The zero-order chi connectivity index (χ0) is 9.54. The second-order valence-electron chi connectivity index (χ2n) is 3.73. The standard InChI is InChI=1S/C11H10N2O/c14-7-9-6-12-11-10(8-3-4-8)2-1-5-13(9)11/h1-2,5-8H,3-4H2. The molecule has 1 fully saturated rings.